The number of pyridine rings is 1. The van der Waals surface area contributed by atoms with Crippen LogP contribution in [0.25, 0.3) is 0 Å². The van der Waals surface area contributed by atoms with Crippen LogP contribution in [0.3, 0.4) is 0 Å². The maximum Gasteiger partial charge on any atom is 0.203 e. The molecule has 290 valence electrons. The quantitative estimate of drug-likeness (QED) is 0.0524. The molecule has 0 fully saturated rings. The van der Waals surface area contributed by atoms with Crippen molar-refractivity contribution in [1.82, 2.24) is 4.98 Å². The van der Waals surface area contributed by atoms with E-state index in [1.165, 1.54) is 109 Å². The topological polar surface area (TPSA) is 66.9 Å². The zero-order valence-corrected chi connectivity index (χ0v) is 33.4. The predicted octanol–water partition coefficient (Wildman–Crippen LogP) is 13.5. The van der Waals surface area contributed by atoms with Crippen LogP contribution in [0, 0.1) is 0 Å². The van der Waals surface area contributed by atoms with Gasteiger partial charge in [-0.2, -0.15) is 0 Å². The number of rotatable bonds is 35. The van der Waals surface area contributed by atoms with Crippen LogP contribution in [0.1, 0.15) is 198 Å². The van der Waals surface area contributed by atoms with Gasteiger partial charge in [-0.3, -0.25) is 9.78 Å². The summed E-state index contributed by atoms with van der Waals surface area (Å²) in [5.74, 6) is 2.61. The van der Waals surface area contributed by atoms with E-state index in [9.17, 15) is 4.79 Å². The van der Waals surface area contributed by atoms with Crippen molar-refractivity contribution < 1.29 is 23.7 Å². The van der Waals surface area contributed by atoms with E-state index in [0.29, 0.717) is 49.2 Å². The van der Waals surface area contributed by atoms with E-state index in [4.69, 9.17) is 18.9 Å². The number of ether oxygens (including phenoxy) is 4. The second-order valence-corrected chi connectivity index (χ2v) is 14.4. The molecular formula is C45H75NO5. The zero-order chi connectivity index (χ0) is 36.6. The summed E-state index contributed by atoms with van der Waals surface area (Å²) in [7, 11) is 0. The number of carbonyl (C=O) groups excluding carboxylic acids is 1. The van der Waals surface area contributed by atoms with Crippen LogP contribution in [0.5, 0.6) is 23.0 Å². The van der Waals surface area contributed by atoms with Crippen molar-refractivity contribution in [3.05, 3.63) is 41.7 Å². The third-order valence-corrected chi connectivity index (χ3v) is 9.50. The lowest BCUT2D eigenvalue weighted by Gasteiger charge is -2.19. The highest BCUT2D eigenvalue weighted by atomic mass is 16.5. The molecule has 0 aliphatic carbocycles. The molecule has 0 spiro atoms. The first-order valence-electron chi connectivity index (χ1n) is 21.3. The summed E-state index contributed by atoms with van der Waals surface area (Å²) in [6, 6.07) is 7.56. The zero-order valence-electron chi connectivity index (χ0n) is 33.4. The van der Waals surface area contributed by atoms with Crippen molar-refractivity contribution >= 4 is 5.78 Å². The van der Waals surface area contributed by atoms with Crippen LogP contribution in [-0.2, 0) is 6.42 Å². The predicted molar refractivity (Wildman–Crippen MR) is 214 cm³/mol. The molecule has 0 saturated heterocycles. The average molecular weight is 710 g/mol. The normalized spacial score (nSPS) is 11.1. The summed E-state index contributed by atoms with van der Waals surface area (Å²) in [6.07, 6.45) is 30.7. The lowest BCUT2D eigenvalue weighted by molar-refractivity contribution is 0.0990. The Balaban J connectivity index is 2.14. The number of hydrogen-bond acceptors (Lipinski definition) is 6. The first-order chi connectivity index (χ1) is 25.1. The van der Waals surface area contributed by atoms with Crippen molar-refractivity contribution in [3.8, 4) is 23.0 Å². The Kier molecular flexibility index (Phi) is 26.8. The van der Waals surface area contributed by atoms with Gasteiger partial charge >= 0.3 is 0 Å². The first kappa shape index (κ1) is 44.4. The molecule has 0 bridgehead atoms. The van der Waals surface area contributed by atoms with E-state index in [1.807, 2.05) is 24.3 Å². The molecule has 0 aliphatic heterocycles. The number of carbonyl (C=O) groups is 1. The number of benzene rings is 1. The fourth-order valence-electron chi connectivity index (χ4n) is 6.22. The molecule has 0 atom stereocenters. The SMILES string of the molecule is CCCCCCCCOc1ccc(CC(=O)c2cc(OCCCCCCCC)c(OCCCCCCCC)c(OCCCCCCCC)c2)nc1. The Labute approximate surface area is 313 Å². The van der Waals surface area contributed by atoms with Gasteiger partial charge in [0.05, 0.1) is 39.0 Å². The smallest absolute Gasteiger partial charge is 0.203 e. The monoisotopic (exact) mass is 710 g/mol. The molecule has 0 saturated carbocycles. The van der Waals surface area contributed by atoms with Gasteiger partial charge in [0, 0.05) is 11.3 Å². The minimum atomic E-state index is -0.0143. The largest absolute Gasteiger partial charge is 0.492 e. The summed E-state index contributed by atoms with van der Waals surface area (Å²) >= 11 is 0. The van der Waals surface area contributed by atoms with E-state index < -0.39 is 0 Å². The lowest BCUT2D eigenvalue weighted by Crippen LogP contribution is -2.10. The number of Topliss-reactive ketones (excluding diaryl/α,β-unsaturated/α-hetero) is 1. The number of ketones is 1. The van der Waals surface area contributed by atoms with Gasteiger partial charge in [-0.25, -0.2) is 0 Å². The van der Waals surface area contributed by atoms with Crippen LogP contribution < -0.4 is 18.9 Å². The maximum atomic E-state index is 13.7. The van der Waals surface area contributed by atoms with E-state index in [0.717, 1.165) is 56.4 Å². The average Bonchev–Trinajstić information content (AvgIpc) is 3.14. The summed E-state index contributed by atoms with van der Waals surface area (Å²) < 4.78 is 25.2. The Morgan fingerprint density at radius 3 is 1.29 bits per heavy atom. The molecule has 1 aromatic heterocycles. The number of unbranched alkanes of at least 4 members (excludes halogenated alkanes) is 20. The van der Waals surface area contributed by atoms with Gasteiger partial charge in [0.25, 0.3) is 0 Å². The van der Waals surface area contributed by atoms with E-state index in [1.54, 1.807) is 6.20 Å². The molecule has 6 nitrogen and oxygen atoms in total. The molecule has 0 amide bonds. The van der Waals surface area contributed by atoms with Crippen molar-refractivity contribution in [2.24, 2.45) is 0 Å². The third kappa shape index (κ3) is 21.4. The van der Waals surface area contributed by atoms with E-state index in [-0.39, 0.29) is 12.2 Å². The molecule has 1 aromatic carbocycles. The molecule has 2 rings (SSSR count). The van der Waals surface area contributed by atoms with Gasteiger partial charge in [-0.05, 0) is 49.9 Å². The fraction of sp³-hybridized carbons (Fsp3) is 0.733. The Morgan fingerprint density at radius 1 is 0.490 bits per heavy atom. The van der Waals surface area contributed by atoms with Crippen molar-refractivity contribution in [2.45, 2.75) is 188 Å². The van der Waals surface area contributed by atoms with Crippen LogP contribution in [0.15, 0.2) is 30.5 Å². The molecule has 0 aliphatic rings. The molecular weight excluding hydrogens is 634 g/mol. The minimum Gasteiger partial charge on any atom is -0.492 e. The second kappa shape index (κ2) is 30.8. The van der Waals surface area contributed by atoms with Crippen LogP contribution in [0.2, 0.25) is 0 Å². The highest BCUT2D eigenvalue weighted by molar-refractivity contribution is 5.98. The van der Waals surface area contributed by atoms with Crippen LogP contribution in [-0.4, -0.2) is 37.2 Å². The van der Waals surface area contributed by atoms with Gasteiger partial charge in [-0.1, -0.05) is 156 Å². The Morgan fingerprint density at radius 2 is 0.882 bits per heavy atom. The number of hydrogen-bond donors (Lipinski definition) is 0. The third-order valence-electron chi connectivity index (χ3n) is 9.50. The standard InChI is InChI=1S/C45H75NO5/c1-5-9-13-17-21-25-31-48-41-30-29-40(46-38-41)37-42(47)39-35-43(49-32-26-22-18-14-10-6-2)45(51-34-28-24-20-16-12-8-4)44(36-39)50-33-27-23-19-15-11-7-3/h29-30,35-36,38H,5-28,31-34,37H2,1-4H3. The summed E-state index contributed by atoms with van der Waals surface area (Å²) in [5.41, 5.74) is 1.29. The number of aromatic nitrogens is 1. The Hall–Kier alpha value is -2.76. The van der Waals surface area contributed by atoms with Gasteiger partial charge in [-0.15, -0.1) is 0 Å². The van der Waals surface area contributed by atoms with E-state index in [2.05, 4.69) is 32.7 Å². The molecule has 1 heterocycles. The van der Waals surface area contributed by atoms with Crippen molar-refractivity contribution in [1.29, 1.82) is 0 Å². The van der Waals surface area contributed by atoms with Gasteiger partial charge in [0.1, 0.15) is 5.75 Å². The number of nitrogens with zero attached hydrogens (tertiary/aromatic N) is 1. The molecule has 0 radical (unpaired) electrons. The molecule has 51 heavy (non-hydrogen) atoms. The van der Waals surface area contributed by atoms with Crippen molar-refractivity contribution in [2.75, 3.05) is 26.4 Å². The van der Waals surface area contributed by atoms with Gasteiger partial charge < -0.3 is 18.9 Å². The van der Waals surface area contributed by atoms with Gasteiger partial charge in [0.15, 0.2) is 17.3 Å². The second-order valence-electron chi connectivity index (χ2n) is 14.4. The molecule has 6 heteroatoms. The van der Waals surface area contributed by atoms with Gasteiger partial charge in [0.2, 0.25) is 5.75 Å². The fourth-order valence-corrected chi connectivity index (χ4v) is 6.22. The van der Waals surface area contributed by atoms with Crippen molar-refractivity contribution in [3.63, 3.8) is 0 Å². The first-order valence-corrected chi connectivity index (χ1v) is 21.3. The minimum absolute atomic E-state index is 0.0143. The van der Waals surface area contributed by atoms with Crippen LogP contribution in [0.4, 0.5) is 0 Å². The highest BCUT2D eigenvalue weighted by Crippen LogP contribution is 2.40. The molecule has 0 N–H and O–H groups in total. The summed E-state index contributed by atoms with van der Waals surface area (Å²) in [6.45, 7) is 11.5. The Bertz CT molecular complexity index is 1080. The molecule has 2 aromatic rings. The maximum absolute atomic E-state index is 13.7. The lowest BCUT2D eigenvalue weighted by atomic mass is 10.0. The summed E-state index contributed by atoms with van der Waals surface area (Å²) in [5, 5.41) is 0. The van der Waals surface area contributed by atoms with E-state index >= 15 is 0 Å². The van der Waals surface area contributed by atoms with Crippen LogP contribution >= 0.6 is 0 Å². The molecule has 0 unspecified atom stereocenters. The highest BCUT2D eigenvalue weighted by Gasteiger charge is 2.20. The summed E-state index contributed by atoms with van der Waals surface area (Å²) in [4.78, 5) is 18.3.